The maximum atomic E-state index is 13.2. The molecule has 35 heavy (non-hydrogen) atoms. The summed E-state index contributed by atoms with van der Waals surface area (Å²) in [7, 11) is 0. The number of nitrogens with zero attached hydrogens (tertiary/aromatic N) is 2. The minimum Gasteiger partial charge on any atom is -0.436 e. The number of hydrogen-bond donors (Lipinski definition) is 1. The Kier molecular flexibility index (Phi) is 8.74. The molecule has 2 heterocycles. The highest BCUT2D eigenvalue weighted by Crippen LogP contribution is 2.28. The summed E-state index contributed by atoms with van der Waals surface area (Å²) >= 11 is 0. The zero-order valence-electron chi connectivity index (χ0n) is 20.4. The summed E-state index contributed by atoms with van der Waals surface area (Å²) in [6, 6.07) is 6.23. The highest BCUT2D eigenvalue weighted by atomic mass is 16.6. The molecule has 1 aliphatic heterocycles. The molecule has 1 N–H and O–H groups in total. The molecule has 2 aromatic rings. The second-order valence-electron chi connectivity index (χ2n) is 9.37. The molecule has 1 saturated carbocycles. The summed E-state index contributed by atoms with van der Waals surface area (Å²) in [6.07, 6.45) is 5.98. The number of aromatic nitrogens is 1. The summed E-state index contributed by atoms with van der Waals surface area (Å²) in [6.45, 7) is 3.70. The first-order chi connectivity index (χ1) is 17.0. The van der Waals surface area contributed by atoms with Crippen molar-refractivity contribution in [3.63, 3.8) is 0 Å². The highest BCUT2D eigenvalue weighted by Gasteiger charge is 2.32. The van der Waals surface area contributed by atoms with E-state index < -0.39 is 24.0 Å². The smallest absolute Gasteiger partial charge is 0.408 e. The summed E-state index contributed by atoms with van der Waals surface area (Å²) < 4.78 is 16.6. The van der Waals surface area contributed by atoms with Crippen molar-refractivity contribution in [3.05, 3.63) is 30.2 Å². The van der Waals surface area contributed by atoms with E-state index in [1.54, 1.807) is 30.0 Å². The number of morpholine rings is 1. The minimum absolute atomic E-state index is 0.0587. The first-order valence-electron chi connectivity index (χ1n) is 12.8. The molecule has 1 aromatic carbocycles. The van der Waals surface area contributed by atoms with Crippen LogP contribution in [0.4, 0.5) is 4.79 Å². The monoisotopic (exact) mass is 485 g/mol. The zero-order valence-corrected chi connectivity index (χ0v) is 20.4. The minimum atomic E-state index is -0.882. The van der Waals surface area contributed by atoms with Gasteiger partial charge in [0.05, 0.1) is 13.2 Å². The molecule has 1 aromatic heterocycles. The molecule has 2 amide bonds. The van der Waals surface area contributed by atoms with Gasteiger partial charge in [-0.25, -0.2) is 9.78 Å². The van der Waals surface area contributed by atoms with E-state index in [0.717, 1.165) is 19.3 Å². The molecule has 190 valence electrons. The fourth-order valence-electron chi connectivity index (χ4n) is 4.87. The van der Waals surface area contributed by atoms with Gasteiger partial charge in [-0.3, -0.25) is 9.59 Å². The van der Waals surface area contributed by atoms with Crippen LogP contribution in [0, 0.1) is 5.92 Å². The molecule has 9 nitrogen and oxygen atoms in total. The maximum absolute atomic E-state index is 13.2. The van der Waals surface area contributed by atoms with Crippen LogP contribution in [0.5, 0.6) is 0 Å². The van der Waals surface area contributed by atoms with Gasteiger partial charge in [-0.2, -0.15) is 0 Å². The van der Waals surface area contributed by atoms with Crippen LogP contribution in [-0.2, 0) is 14.3 Å². The van der Waals surface area contributed by atoms with Crippen molar-refractivity contribution in [2.24, 2.45) is 5.92 Å². The summed E-state index contributed by atoms with van der Waals surface area (Å²) in [5, 5.41) is 2.63. The number of nitrogens with one attached hydrogen (secondary N) is 1. The third-order valence-electron chi connectivity index (χ3n) is 6.93. The summed E-state index contributed by atoms with van der Waals surface area (Å²) in [5.74, 6) is -0.132. The van der Waals surface area contributed by atoms with E-state index in [9.17, 15) is 14.4 Å². The van der Waals surface area contributed by atoms with Gasteiger partial charge in [0.2, 0.25) is 5.78 Å². The van der Waals surface area contributed by atoms with Gasteiger partial charge in [0.1, 0.15) is 11.6 Å². The topological polar surface area (TPSA) is 111 Å². The van der Waals surface area contributed by atoms with Crippen LogP contribution in [0.25, 0.3) is 11.1 Å². The second-order valence-corrected chi connectivity index (χ2v) is 9.37. The van der Waals surface area contributed by atoms with Crippen LogP contribution < -0.4 is 5.32 Å². The molecule has 1 aliphatic carbocycles. The normalized spacial score (nSPS) is 18.7. The fourth-order valence-corrected chi connectivity index (χ4v) is 4.87. The molecule has 4 rings (SSSR count). The van der Waals surface area contributed by atoms with E-state index in [1.165, 1.54) is 19.3 Å². The number of alkyl carbamates (subject to hydrolysis) is 1. The maximum Gasteiger partial charge on any atom is 0.408 e. The van der Waals surface area contributed by atoms with Crippen molar-refractivity contribution >= 4 is 28.9 Å². The number of ether oxygens (including phenoxy) is 2. The van der Waals surface area contributed by atoms with Gasteiger partial charge in [0.25, 0.3) is 11.8 Å². The van der Waals surface area contributed by atoms with Crippen molar-refractivity contribution in [3.8, 4) is 0 Å². The molecule has 2 atom stereocenters. The van der Waals surface area contributed by atoms with Crippen LogP contribution in [0.1, 0.15) is 69.0 Å². The lowest BCUT2D eigenvalue weighted by molar-refractivity contribution is -0.145. The van der Waals surface area contributed by atoms with Gasteiger partial charge >= 0.3 is 6.09 Å². The van der Waals surface area contributed by atoms with Crippen molar-refractivity contribution in [1.29, 1.82) is 0 Å². The molecule has 0 bridgehead atoms. The van der Waals surface area contributed by atoms with Crippen molar-refractivity contribution in [2.45, 2.75) is 70.4 Å². The lowest BCUT2D eigenvalue weighted by Crippen LogP contribution is -2.49. The Hall–Kier alpha value is -2.94. The van der Waals surface area contributed by atoms with Gasteiger partial charge in [0, 0.05) is 13.1 Å². The summed E-state index contributed by atoms with van der Waals surface area (Å²) in [4.78, 5) is 44.9. The quantitative estimate of drug-likeness (QED) is 0.532. The van der Waals surface area contributed by atoms with E-state index in [4.69, 9.17) is 13.9 Å². The molecule has 0 spiro atoms. The largest absolute Gasteiger partial charge is 0.436 e. The number of hydrogen-bond acceptors (Lipinski definition) is 7. The number of benzene rings is 1. The highest BCUT2D eigenvalue weighted by molar-refractivity contribution is 5.99. The van der Waals surface area contributed by atoms with Gasteiger partial charge < -0.3 is 24.1 Å². The Labute approximate surface area is 205 Å². The standard InChI is InChI=1S/C26H35N3O6/c1-2-19(23(30)24-27-20-10-6-7-11-21(20)34-24)28-26(32)35-22(13-12-18-8-4-3-5-9-18)25(31)29-14-16-33-17-15-29/h6-7,10-11,18-19,22H,2-5,8-9,12-17H2,1H3,(H,28,32)/t19-,22-/m0/s1. The Bertz CT molecular complexity index is 976. The summed E-state index contributed by atoms with van der Waals surface area (Å²) in [5.41, 5.74) is 1.08. The molecule has 2 aliphatic rings. The molecule has 2 fully saturated rings. The van der Waals surface area contributed by atoms with Gasteiger partial charge in [-0.1, -0.05) is 51.2 Å². The fraction of sp³-hybridized carbons (Fsp3) is 0.615. The molecule has 1 saturated heterocycles. The third-order valence-corrected chi connectivity index (χ3v) is 6.93. The van der Waals surface area contributed by atoms with Crippen LogP contribution in [0.3, 0.4) is 0 Å². The first kappa shape index (κ1) is 25.2. The van der Waals surface area contributed by atoms with Crippen LogP contribution in [0.15, 0.2) is 28.7 Å². The molecule has 9 heteroatoms. The molecule has 0 radical (unpaired) electrons. The van der Waals surface area contributed by atoms with Gasteiger partial charge in [-0.05, 0) is 37.3 Å². The van der Waals surface area contributed by atoms with E-state index in [2.05, 4.69) is 10.3 Å². The van der Waals surface area contributed by atoms with Gasteiger partial charge in [0.15, 0.2) is 11.7 Å². The SMILES string of the molecule is CC[C@H](NC(=O)O[C@@H](CCC1CCCCC1)C(=O)N1CCOCC1)C(=O)c1nc2ccccc2o1. The average Bonchev–Trinajstić information content (AvgIpc) is 3.34. The average molecular weight is 486 g/mol. The first-order valence-corrected chi connectivity index (χ1v) is 12.8. The Morgan fingerprint density at radius 2 is 1.89 bits per heavy atom. The number of amides is 2. The van der Waals surface area contributed by atoms with Crippen molar-refractivity contribution in [1.82, 2.24) is 15.2 Å². The predicted molar refractivity (Wildman–Crippen MR) is 129 cm³/mol. The van der Waals surface area contributed by atoms with E-state index in [0.29, 0.717) is 56.2 Å². The number of para-hydroxylation sites is 2. The van der Waals surface area contributed by atoms with Crippen LogP contribution in [0.2, 0.25) is 0 Å². The predicted octanol–water partition coefficient (Wildman–Crippen LogP) is 4.10. The number of fused-ring (bicyclic) bond motifs is 1. The van der Waals surface area contributed by atoms with Crippen LogP contribution in [-0.4, -0.2) is 66.1 Å². The van der Waals surface area contributed by atoms with E-state index in [1.807, 2.05) is 6.07 Å². The lowest BCUT2D eigenvalue weighted by atomic mass is 9.85. The number of carbonyl (C=O) groups excluding carboxylic acids is 3. The van der Waals surface area contributed by atoms with E-state index >= 15 is 0 Å². The molecular weight excluding hydrogens is 450 g/mol. The van der Waals surface area contributed by atoms with Gasteiger partial charge in [-0.15, -0.1) is 0 Å². The number of oxazole rings is 1. The third kappa shape index (κ3) is 6.60. The number of rotatable bonds is 9. The Morgan fingerprint density at radius 1 is 1.14 bits per heavy atom. The Balaban J connectivity index is 1.39. The van der Waals surface area contributed by atoms with Crippen molar-refractivity contribution < 1.29 is 28.3 Å². The molecule has 0 unspecified atom stereocenters. The zero-order chi connectivity index (χ0) is 24.6. The number of ketones is 1. The lowest BCUT2D eigenvalue weighted by Gasteiger charge is -2.31. The number of Topliss-reactive ketones (excluding diaryl/α,β-unsaturated/α-hetero) is 1. The van der Waals surface area contributed by atoms with E-state index in [-0.39, 0.29) is 11.8 Å². The second kappa shape index (κ2) is 12.2. The van der Waals surface area contributed by atoms with Crippen LogP contribution >= 0.6 is 0 Å². The van der Waals surface area contributed by atoms with Crippen molar-refractivity contribution in [2.75, 3.05) is 26.3 Å². The Morgan fingerprint density at radius 3 is 2.60 bits per heavy atom. The number of carbonyl (C=O) groups is 3. The molecular formula is C26H35N3O6.